The van der Waals surface area contributed by atoms with E-state index >= 15 is 0 Å². The zero-order valence-electron chi connectivity index (χ0n) is 9.26. The van der Waals surface area contributed by atoms with E-state index in [-0.39, 0.29) is 0 Å². The Kier molecular flexibility index (Phi) is 21.2. The summed E-state index contributed by atoms with van der Waals surface area (Å²) in [4.78, 5) is 0. The molecule has 0 bridgehead atoms. The summed E-state index contributed by atoms with van der Waals surface area (Å²) in [5, 5.41) is 16.3. The highest BCUT2D eigenvalue weighted by atomic mass is 16.3. The largest absolute Gasteiger partial charge is 0.396 e. The first kappa shape index (κ1) is 15.4. The minimum atomic E-state index is 0.319. The fourth-order valence-electron chi connectivity index (χ4n) is 0.892. The standard InChI is InChI=1S/C8H18O.C3H8O/c1-2-3-4-5-6-7-8-9;1-2-3-4/h9H,2-8H2,1H3;4H,2-3H2,1H3. The highest BCUT2D eigenvalue weighted by molar-refractivity contribution is 4.41. The number of rotatable bonds is 7. The molecule has 0 rings (SSSR count). The lowest BCUT2D eigenvalue weighted by Gasteiger charge is -1.95. The summed E-state index contributed by atoms with van der Waals surface area (Å²) >= 11 is 0. The van der Waals surface area contributed by atoms with Crippen LogP contribution in [0.4, 0.5) is 0 Å². The van der Waals surface area contributed by atoms with Crippen LogP contribution in [0.15, 0.2) is 0 Å². The summed E-state index contributed by atoms with van der Waals surface area (Å²) in [7, 11) is 0. The van der Waals surface area contributed by atoms with Crippen LogP contribution in [-0.2, 0) is 0 Å². The second kappa shape index (κ2) is 17.9. The van der Waals surface area contributed by atoms with Gasteiger partial charge in [0.2, 0.25) is 0 Å². The topological polar surface area (TPSA) is 40.5 Å². The Morgan fingerprint density at radius 1 is 0.615 bits per heavy atom. The first-order valence-corrected chi connectivity index (χ1v) is 5.55. The van der Waals surface area contributed by atoms with Crippen LogP contribution < -0.4 is 0 Å². The molecule has 2 N–H and O–H groups in total. The zero-order valence-corrected chi connectivity index (χ0v) is 9.26. The van der Waals surface area contributed by atoms with Gasteiger partial charge in [-0.3, -0.25) is 0 Å². The fourth-order valence-corrected chi connectivity index (χ4v) is 0.892. The van der Waals surface area contributed by atoms with Crippen molar-refractivity contribution in [2.24, 2.45) is 0 Å². The van der Waals surface area contributed by atoms with Gasteiger partial charge in [-0.05, 0) is 12.8 Å². The summed E-state index contributed by atoms with van der Waals surface area (Å²) in [5.74, 6) is 0. The van der Waals surface area contributed by atoms with E-state index in [4.69, 9.17) is 10.2 Å². The van der Waals surface area contributed by atoms with Crippen LogP contribution in [0.5, 0.6) is 0 Å². The predicted molar refractivity (Wildman–Crippen MR) is 57.8 cm³/mol. The van der Waals surface area contributed by atoms with Gasteiger partial charge >= 0.3 is 0 Å². The van der Waals surface area contributed by atoms with Crippen LogP contribution in [0.1, 0.15) is 58.8 Å². The van der Waals surface area contributed by atoms with E-state index in [9.17, 15) is 0 Å². The molecule has 0 aliphatic rings. The average Bonchev–Trinajstić information content (AvgIpc) is 2.18. The lowest BCUT2D eigenvalue weighted by molar-refractivity contribution is 0.282. The first-order valence-electron chi connectivity index (χ1n) is 5.55. The smallest absolute Gasteiger partial charge is 0.0431 e. The molecule has 82 valence electrons. The van der Waals surface area contributed by atoms with Crippen LogP contribution >= 0.6 is 0 Å². The van der Waals surface area contributed by atoms with Crippen LogP contribution in [0, 0.1) is 0 Å². The molecule has 2 nitrogen and oxygen atoms in total. The van der Waals surface area contributed by atoms with Crippen LogP contribution in [0.3, 0.4) is 0 Å². The van der Waals surface area contributed by atoms with E-state index in [1.807, 2.05) is 6.92 Å². The van der Waals surface area contributed by atoms with E-state index in [0.717, 1.165) is 12.8 Å². The Bertz CT molecular complexity index is 57.1. The molecule has 0 saturated heterocycles. The molecule has 0 aliphatic heterocycles. The Morgan fingerprint density at radius 2 is 1.08 bits per heavy atom. The van der Waals surface area contributed by atoms with Gasteiger partial charge in [-0.2, -0.15) is 0 Å². The predicted octanol–water partition coefficient (Wildman–Crippen LogP) is 2.73. The Morgan fingerprint density at radius 3 is 1.46 bits per heavy atom. The van der Waals surface area contributed by atoms with Crippen molar-refractivity contribution in [3.63, 3.8) is 0 Å². The summed E-state index contributed by atoms with van der Waals surface area (Å²) in [6.45, 7) is 4.83. The van der Waals surface area contributed by atoms with Crippen molar-refractivity contribution in [3.8, 4) is 0 Å². The Labute approximate surface area is 83.0 Å². The number of aliphatic hydroxyl groups is 2. The summed E-state index contributed by atoms with van der Waals surface area (Å²) in [5.41, 5.74) is 0. The van der Waals surface area contributed by atoms with Crippen molar-refractivity contribution < 1.29 is 10.2 Å². The SMILES string of the molecule is CCCCCCCCO.CCCO. The minimum Gasteiger partial charge on any atom is -0.396 e. The molecule has 0 spiro atoms. The fraction of sp³-hybridized carbons (Fsp3) is 1.00. The molecular formula is C11H26O2. The monoisotopic (exact) mass is 190 g/mol. The molecule has 2 heteroatoms. The number of unbranched alkanes of at least 4 members (excludes halogenated alkanes) is 5. The van der Waals surface area contributed by atoms with Gasteiger partial charge in [0.05, 0.1) is 0 Å². The molecule has 0 aromatic rings. The molecular weight excluding hydrogens is 164 g/mol. The molecule has 0 radical (unpaired) electrons. The van der Waals surface area contributed by atoms with Crippen molar-refractivity contribution in [2.75, 3.05) is 13.2 Å². The van der Waals surface area contributed by atoms with Crippen LogP contribution in [-0.4, -0.2) is 23.4 Å². The van der Waals surface area contributed by atoms with E-state index in [1.54, 1.807) is 0 Å². The van der Waals surface area contributed by atoms with Gasteiger partial charge in [0, 0.05) is 13.2 Å². The molecule has 0 atom stereocenters. The molecule has 0 saturated carbocycles. The third kappa shape index (κ3) is 24.5. The molecule has 0 unspecified atom stereocenters. The molecule has 0 amide bonds. The van der Waals surface area contributed by atoms with Gasteiger partial charge in [0.25, 0.3) is 0 Å². The van der Waals surface area contributed by atoms with E-state index in [1.165, 1.54) is 32.1 Å². The second-order valence-electron chi connectivity index (χ2n) is 3.21. The molecule has 13 heavy (non-hydrogen) atoms. The number of hydrogen-bond donors (Lipinski definition) is 2. The maximum Gasteiger partial charge on any atom is 0.0431 e. The summed E-state index contributed by atoms with van der Waals surface area (Å²) < 4.78 is 0. The molecule has 0 heterocycles. The summed E-state index contributed by atoms with van der Waals surface area (Å²) in [6.07, 6.45) is 8.37. The van der Waals surface area contributed by atoms with Crippen molar-refractivity contribution in [1.82, 2.24) is 0 Å². The molecule has 0 aromatic heterocycles. The van der Waals surface area contributed by atoms with Gasteiger partial charge < -0.3 is 10.2 Å². The maximum atomic E-state index is 8.42. The molecule has 0 aromatic carbocycles. The lowest BCUT2D eigenvalue weighted by Crippen LogP contribution is -1.82. The van der Waals surface area contributed by atoms with Crippen molar-refractivity contribution in [2.45, 2.75) is 58.8 Å². The van der Waals surface area contributed by atoms with Gasteiger partial charge in [-0.25, -0.2) is 0 Å². The third-order valence-corrected chi connectivity index (χ3v) is 1.74. The number of hydrogen-bond acceptors (Lipinski definition) is 2. The minimum absolute atomic E-state index is 0.319. The quantitative estimate of drug-likeness (QED) is 0.606. The first-order chi connectivity index (χ1) is 6.33. The van der Waals surface area contributed by atoms with Crippen molar-refractivity contribution >= 4 is 0 Å². The molecule has 0 fully saturated rings. The highest BCUT2D eigenvalue weighted by Gasteiger charge is 1.86. The van der Waals surface area contributed by atoms with Gasteiger partial charge in [0.15, 0.2) is 0 Å². The van der Waals surface area contributed by atoms with E-state index in [0.29, 0.717) is 13.2 Å². The van der Waals surface area contributed by atoms with Crippen molar-refractivity contribution in [1.29, 1.82) is 0 Å². The van der Waals surface area contributed by atoms with Crippen LogP contribution in [0.2, 0.25) is 0 Å². The van der Waals surface area contributed by atoms with Gasteiger partial charge in [-0.15, -0.1) is 0 Å². The summed E-state index contributed by atoms with van der Waals surface area (Å²) in [6, 6.07) is 0. The average molecular weight is 190 g/mol. The Balaban J connectivity index is 0. The normalized spacial score (nSPS) is 9.23. The Hall–Kier alpha value is -0.0800. The molecule has 0 aliphatic carbocycles. The van der Waals surface area contributed by atoms with Crippen molar-refractivity contribution in [3.05, 3.63) is 0 Å². The van der Waals surface area contributed by atoms with Gasteiger partial charge in [0.1, 0.15) is 0 Å². The zero-order chi connectivity index (χ0) is 10.4. The second-order valence-corrected chi connectivity index (χ2v) is 3.21. The highest BCUT2D eigenvalue weighted by Crippen LogP contribution is 2.03. The number of aliphatic hydroxyl groups excluding tert-OH is 2. The maximum absolute atomic E-state index is 8.42. The third-order valence-electron chi connectivity index (χ3n) is 1.74. The van der Waals surface area contributed by atoms with Crippen LogP contribution in [0.25, 0.3) is 0 Å². The lowest BCUT2D eigenvalue weighted by atomic mass is 10.1. The van der Waals surface area contributed by atoms with E-state index < -0.39 is 0 Å². The van der Waals surface area contributed by atoms with E-state index in [2.05, 4.69) is 6.92 Å². The van der Waals surface area contributed by atoms with Gasteiger partial charge in [-0.1, -0.05) is 46.0 Å².